The van der Waals surface area contributed by atoms with Gasteiger partial charge in [0.25, 0.3) is 5.91 Å². The second-order valence-electron chi connectivity index (χ2n) is 5.52. The van der Waals surface area contributed by atoms with Gasteiger partial charge in [0.15, 0.2) is 0 Å². The molecule has 0 aliphatic heterocycles. The molecule has 0 fully saturated rings. The van der Waals surface area contributed by atoms with Crippen LogP contribution in [0.25, 0.3) is 11.3 Å². The zero-order chi connectivity index (χ0) is 17.6. The predicted octanol–water partition coefficient (Wildman–Crippen LogP) is 3.71. The first kappa shape index (κ1) is 17.0. The highest BCUT2D eigenvalue weighted by atomic mass is 35.5. The van der Waals surface area contributed by atoms with Crippen molar-refractivity contribution in [3.8, 4) is 17.0 Å². The molecule has 0 saturated heterocycles. The quantitative estimate of drug-likeness (QED) is 0.708. The minimum Gasteiger partial charge on any atom is -0.497 e. The number of H-pyrrole nitrogens is 1. The molecule has 0 unspecified atom stereocenters. The Kier molecular flexibility index (Phi) is 5.36. The number of hydrogen-bond acceptors (Lipinski definition) is 3. The first-order valence-electron chi connectivity index (χ1n) is 7.88. The summed E-state index contributed by atoms with van der Waals surface area (Å²) in [5.74, 6) is 0.595. The van der Waals surface area contributed by atoms with Gasteiger partial charge in [-0.25, -0.2) is 0 Å². The van der Waals surface area contributed by atoms with E-state index >= 15 is 0 Å². The topological polar surface area (TPSA) is 67.0 Å². The number of carbonyl (C=O) groups is 1. The molecule has 2 N–H and O–H groups in total. The molecule has 3 aromatic rings. The van der Waals surface area contributed by atoms with Crippen molar-refractivity contribution in [1.82, 2.24) is 15.5 Å². The van der Waals surface area contributed by atoms with Crippen LogP contribution in [0.3, 0.4) is 0 Å². The lowest BCUT2D eigenvalue weighted by molar-refractivity contribution is 0.0955. The van der Waals surface area contributed by atoms with E-state index in [0.29, 0.717) is 29.2 Å². The smallest absolute Gasteiger partial charge is 0.255 e. The summed E-state index contributed by atoms with van der Waals surface area (Å²) in [4.78, 5) is 12.5. The van der Waals surface area contributed by atoms with Gasteiger partial charge in [-0.2, -0.15) is 5.10 Å². The van der Waals surface area contributed by atoms with Crippen molar-refractivity contribution in [2.24, 2.45) is 0 Å². The molecule has 3 rings (SSSR count). The Morgan fingerprint density at radius 3 is 2.76 bits per heavy atom. The number of aromatic nitrogens is 2. The summed E-state index contributed by atoms with van der Waals surface area (Å²) in [5.41, 5.74) is 3.15. The highest BCUT2D eigenvalue weighted by molar-refractivity contribution is 6.30. The lowest BCUT2D eigenvalue weighted by atomic mass is 10.1. The van der Waals surface area contributed by atoms with Crippen LogP contribution in [0.15, 0.2) is 54.7 Å². The van der Waals surface area contributed by atoms with Crippen LogP contribution < -0.4 is 10.1 Å². The molecular formula is C19H18ClN3O2. The molecule has 0 spiro atoms. The monoisotopic (exact) mass is 355 g/mol. The number of carbonyl (C=O) groups excluding carboxylic acids is 1. The Morgan fingerprint density at radius 1 is 1.24 bits per heavy atom. The van der Waals surface area contributed by atoms with Gasteiger partial charge < -0.3 is 10.1 Å². The number of halogens is 1. The van der Waals surface area contributed by atoms with Crippen molar-refractivity contribution >= 4 is 17.5 Å². The van der Waals surface area contributed by atoms with Crippen molar-refractivity contribution in [2.45, 2.75) is 6.42 Å². The van der Waals surface area contributed by atoms with Gasteiger partial charge in [-0.05, 0) is 48.4 Å². The summed E-state index contributed by atoms with van der Waals surface area (Å²) in [6.07, 6.45) is 2.25. The summed E-state index contributed by atoms with van der Waals surface area (Å²) < 4.78 is 5.15. The van der Waals surface area contributed by atoms with Crippen LogP contribution >= 0.6 is 11.6 Å². The molecule has 0 aliphatic rings. The third-order valence-electron chi connectivity index (χ3n) is 3.85. The van der Waals surface area contributed by atoms with Crippen molar-refractivity contribution in [1.29, 1.82) is 0 Å². The molecule has 128 valence electrons. The molecule has 5 nitrogen and oxygen atoms in total. The highest BCUT2D eigenvalue weighted by Crippen LogP contribution is 2.23. The van der Waals surface area contributed by atoms with Crippen LogP contribution in [-0.2, 0) is 6.42 Å². The van der Waals surface area contributed by atoms with Crippen molar-refractivity contribution in [2.75, 3.05) is 13.7 Å². The van der Waals surface area contributed by atoms with Crippen LogP contribution in [-0.4, -0.2) is 29.8 Å². The van der Waals surface area contributed by atoms with Gasteiger partial charge in [-0.1, -0.05) is 23.7 Å². The number of rotatable bonds is 6. The third-order valence-corrected chi connectivity index (χ3v) is 4.09. The Morgan fingerprint density at radius 2 is 2.04 bits per heavy atom. The molecule has 1 heterocycles. The fourth-order valence-electron chi connectivity index (χ4n) is 2.54. The molecule has 0 atom stereocenters. The van der Waals surface area contributed by atoms with E-state index in [-0.39, 0.29) is 5.91 Å². The Labute approximate surface area is 151 Å². The van der Waals surface area contributed by atoms with Gasteiger partial charge in [0.1, 0.15) is 5.75 Å². The summed E-state index contributed by atoms with van der Waals surface area (Å²) >= 11 is 5.97. The van der Waals surface area contributed by atoms with E-state index in [0.717, 1.165) is 16.9 Å². The van der Waals surface area contributed by atoms with Gasteiger partial charge in [-0.3, -0.25) is 9.89 Å². The zero-order valence-electron chi connectivity index (χ0n) is 13.8. The number of nitrogens with zero attached hydrogens (tertiary/aromatic N) is 1. The largest absolute Gasteiger partial charge is 0.497 e. The maximum absolute atomic E-state index is 12.5. The molecule has 0 saturated carbocycles. The molecule has 1 aromatic heterocycles. The van der Waals surface area contributed by atoms with Crippen LogP contribution in [0.4, 0.5) is 0 Å². The van der Waals surface area contributed by atoms with Gasteiger partial charge in [0.2, 0.25) is 0 Å². The Bertz CT molecular complexity index is 859. The number of nitrogens with one attached hydrogen (secondary N) is 2. The number of methoxy groups -OCH3 is 1. The minimum atomic E-state index is -0.165. The molecule has 6 heteroatoms. The van der Waals surface area contributed by atoms with Gasteiger partial charge >= 0.3 is 0 Å². The zero-order valence-corrected chi connectivity index (χ0v) is 14.5. The molecule has 0 aliphatic carbocycles. The van der Waals surface area contributed by atoms with Gasteiger partial charge in [0, 0.05) is 17.1 Å². The average Bonchev–Trinajstić information content (AvgIpc) is 3.11. The van der Waals surface area contributed by atoms with Crippen molar-refractivity contribution in [3.63, 3.8) is 0 Å². The number of amides is 1. The lowest BCUT2D eigenvalue weighted by Crippen LogP contribution is -2.25. The Hall–Kier alpha value is -2.79. The standard InChI is InChI=1S/C19H18ClN3O2/c1-25-16-7-5-14(6-8-16)18-17(12-22-23-18)19(24)21-10-9-13-3-2-4-15(20)11-13/h2-8,11-12H,9-10H2,1H3,(H,21,24)(H,22,23). The van der Waals surface area contributed by atoms with Crippen LogP contribution in [0.2, 0.25) is 5.02 Å². The van der Waals surface area contributed by atoms with Crippen LogP contribution in [0, 0.1) is 0 Å². The van der Waals surface area contributed by atoms with Gasteiger partial charge in [-0.15, -0.1) is 0 Å². The number of aromatic amines is 1. The van der Waals surface area contributed by atoms with E-state index in [4.69, 9.17) is 16.3 Å². The van der Waals surface area contributed by atoms with Gasteiger partial charge in [0.05, 0.1) is 24.6 Å². The minimum absolute atomic E-state index is 0.165. The van der Waals surface area contributed by atoms with E-state index in [9.17, 15) is 4.79 Å². The summed E-state index contributed by atoms with van der Waals surface area (Å²) in [6, 6.07) is 15.1. The maximum Gasteiger partial charge on any atom is 0.255 e. The highest BCUT2D eigenvalue weighted by Gasteiger charge is 2.15. The Balaban J connectivity index is 1.65. The fourth-order valence-corrected chi connectivity index (χ4v) is 2.76. The van der Waals surface area contributed by atoms with Crippen LogP contribution in [0.5, 0.6) is 5.75 Å². The van der Waals surface area contributed by atoms with E-state index in [2.05, 4.69) is 15.5 Å². The molecule has 2 aromatic carbocycles. The lowest BCUT2D eigenvalue weighted by Gasteiger charge is -2.07. The number of hydrogen-bond donors (Lipinski definition) is 2. The van der Waals surface area contributed by atoms with Crippen molar-refractivity contribution < 1.29 is 9.53 Å². The molecular weight excluding hydrogens is 338 g/mol. The third kappa shape index (κ3) is 4.19. The van der Waals surface area contributed by atoms with E-state index < -0.39 is 0 Å². The first-order chi connectivity index (χ1) is 12.2. The summed E-state index contributed by atoms with van der Waals surface area (Å²) in [6.45, 7) is 0.520. The first-order valence-corrected chi connectivity index (χ1v) is 8.25. The fraction of sp³-hybridized carbons (Fsp3) is 0.158. The van der Waals surface area contributed by atoms with Crippen LogP contribution in [0.1, 0.15) is 15.9 Å². The van der Waals surface area contributed by atoms with Crippen molar-refractivity contribution in [3.05, 3.63) is 70.9 Å². The number of ether oxygens (including phenoxy) is 1. The molecule has 0 bridgehead atoms. The molecule has 25 heavy (non-hydrogen) atoms. The van der Waals surface area contributed by atoms with E-state index in [1.54, 1.807) is 7.11 Å². The predicted molar refractivity (Wildman–Crippen MR) is 98.1 cm³/mol. The second-order valence-corrected chi connectivity index (χ2v) is 5.96. The summed E-state index contributed by atoms with van der Waals surface area (Å²) in [7, 11) is 1.62. The SMILES string of the molecule is COc1ccc(-c2[nH]ncc2C(=O)NCCc2cccc(Cl)c2)cc1. The normalized spacial score (nSPS) is 10.5. The van der Waals surface area contributed by atoms with E-state index in [1.165, 1.54) is 6.20 Å². The van der Waals surface area contributed by atoms with E-state index in [1.807, 2.05) is 48.5 Å². The summed E-state index contributed by atoms with van der Waals surface area (Å²) in [5, 5.41) is 10.5. The molecule has 0 radical (unpaired) electrons. The second kappa shape index (κ2) is 7.85. The number of benzene rings is 2. The average molecular weight is 356 g/mol. The molecule has 1 amide bonds. The maximum atomic E-state index is 12.5.